The highest BCUT2D eigenvalue weighted by Gasteiger charge is 2.46. The number of hydrogen-bond acceptors (Lipinski definition) is 6. The van der Waals surface area contributed by atoms with E-state index < -0.39 is 30.6 Å². The monoisotopic (exact) mass is 487 g/mol. The van der Waals surface area contributed by atoms with Crippen LogP contribution in [0.25, 0.3) is 43.6 Å². The van der Waals surface area contributed by atoms with E-state index in [1.165, 1.54) is 7.11 Å². The first-order valence-corrected chi connectivity index (χ1v) is 12.0. The number of para-hydroxylation sites is 2. The molecule has 1 amide bonds. The lowest BCUT2D eigenvalue weighted by Gasteiger charge is -2.42. The molecule has 2 aliphatic rings. The highest BCUT2D eigenvalue weighted by Crippen LogP contribution is 2.46. The van der Waals surface area contributed by atoms with E-state index in [-0.39, 0.29) is 12.5 Å². The number of rotatable bonds is 3. The van der Waals surface area contributed by atoms with Crippen LogP contribution < -0.4 is 5.32 Å². The van der Waals surface area contributed by atoms with Crippen LogP contribution in [0.1, 0.15) is 22.1 Å². The number of fused-ring (bicyclic) bond motifs is 10. The van der Waals surface area contributed by atoms with Gasteiger partial charge in [-0.1, -0.05) is 36.4 Å². The SMILES string of the molecule is CO[C@H]1[C@H](O)[C@@H](O)[C@H](n2c3ccccc3c3c4c(c5c6ccccc6[nH]c5c32)C(=O)NC4)O[C@@H]1CO. The molecule has 5 atom stereocenters. The van der Waals surface area contributed by atoms with E-state index in [0.29, 0.717) is 12.1 Å². The number of H-pyrrole nitrogens is 1. The summed E-state index contributed by atoms with van der Waals surface area (Å²) in [7, 11) is 1.41. The first kappa shape index (κ1) is 21.8. The Balaban J connectivity index is 1.65. The molecule has 0 saturated carbocycles. The van der Waals surface area contributed by atoms with E-state index in [1.807, 2.05) is 53.1 Å². The van der Waals surface area contributed by atoms with Crippen LogP contribution in [-0.2, 0) is 16.0 Å². The zero-order valence-corrected chi connectivity index (χ0v) is 19.4. The lowest BCUT2D eigenvalue weighted by molar-refractivity contribution is -0.255. The number of amides is 1. The number of methoxy groups -OCH3 is 1. The average Bonchev–Trinajstić information content (AvgIpc) is 3.57. The first-order chi connectivity index (χ1) is 17.5. The van der Waals surface area contributed by atoms with Crippen LogP contribution in [0.3, 0.4) is 0 Å². The van der Waals surface area contributed by atoms with Gasteiger partial charge in [0.2, 0.25) is 0 Å². The number of aromatic nitrogens is 2. The topological polar surface area (TPSA) is 129 Å². The minimum absolute atomic E-state index is 0.119. The summed E-state index contributed by atoms with van der Waals surface area (Å²) >= 11 is 0. The minimum Gasteiger partial charge on any atom is -0.394 e. The number of ether oxygens (including phenoxy) is 2. The second-order valence-electron chi connectivity index (χ2n) is 9.50. The molecule has 36 heavy (non-hydrogen) atoms. The Hall–Kier alpha value is -3.47. The van der Waals surface area contributed by atoms with Gasteiger partial charge >= 0.3 is 0 Å². The molecule has 1 fully saturated rings. The molecule has 0 radical (unpaired) electrons. The molecule has 0 bridgehead atoms. The number of aromatic amines is 1. The van der Waals surface area contributed by atoms with Gasteiger partial charge in [0.15, 0.2) is 6.23 Å². The summed E-state index contributed by atoms with van der Waals surface area (Å²) in [5.74, 6) is -0.119. The van der Waals surface area contributed by atoms with Gasteiger partial charge in [-0.15, -0.1) is 0 Å². The summed E-state index contributed by atoms with van der Waals surface area (Å²) in [6.45, 7) is 0.00137. The van der Waals surface area contributed by atoms with Gasteiger partial charge in [0.25, 0.3) is 5.91 Å². The van der Waals surface area contributed by atoms with E-state index in [9.17, 15) is 20.1 Å². The van der Waals surface area contributed by atoms with Crippen molar-refractivity contribution in [1.29, 1.82) is 0 Å². The minimum atomic E-state index is -1.33. The average molecular weight is 488 g/mol. The molecular formula is C27H25N3O6. The van der Waals surface area contributed by atoms with Crippen molar-refractivity contribution in [2.24, 2.45) is 0 Å². The van der Waals surface area contributed by atoms with Gasteiger partial charge in [0.1, 0.15) is 24.4 Å². The highest BCUT2D eigenvalue weighted by atomic mass is 16.6. The molecule has 5 N–H and O–H groups in total. The Morgan fingerprint density at radius 1 is 1.06 bits per heavy atom. The molecule has 9 nitrogen and oxygen atoms in total. The maximum absolute atomic E-state index is 13.1. The number of nitrogens with one attached hydrogen (secondary N) is 2. The van der Waals surface area contributed by atoms with Crippen molar-refractivity contribution in [1.82, 2.24) is 14.9 Å². The van der Waals surface area contributed by atoms with Gasteiger partial charge in [0.05, 0.1) is 28.7 Å². The summed E-state index contributed by atoms with van der Waals surface area (Å²) in [6.07, 6.45) is -5.34. The molecule has 7 rings (SSSR count). The number of hydrogen-bond donors (Lipinski definition) is 5. The number of benzene rings is 3. The van der Waals surface area contributed by atoms with Crippen molar-refractivity contribution in [2.45, 2.75) is 37.2 Å². The molecule has 4 heterocycles. The van der Waals surface area contributed by atoms with Gasteiger partial charge < -0.3 is 39.7 Å². The van der Waals surface area contributed by atoms with E-state index in [1.54, 1.807) is 0 Å². The zero-order valence-electron chi connectivity index (χ0n) is 19.4. The van der Waals surface area contributed by atoms with Crippen molar-refractivity contribution >= 4 is 49.5 Å². The predicted octanol–water partition coefficient (Wildman–Crippen LogP) is 2.30. The molecule has 184 valence electrons. The van der Waals surface area contributed by atoms with Crippen LogP contribution in [0.5, 0.6) is 0 Å². The van der Waals surface area contributed by atoms with E-state index in [4.69, 9.17) is 9.47 Å². The van der Waals surface area contributed by atoms with Crippen molar-refractivity contribution in [3.8, 4) is 0 Å². The fourth-order valence-electron chi connectivity index (χ4n) is 6.19. The summed E-state index contributed by atoms with van der Waals surface area (Å²) in [6, 6.07) is 15.6. The molecule has 1 saturated heterocycles. The van der Waals surface area contributed by atoms with Gasteiger partial charge in [0, 0.05) is 40.7 Å². The van der Waals surface area contributed by atoms with Crippen LogP contribution in [0, 0.1) is 0 Å². The number of nitrogens with zero attached hydrogens (tertiary/aromatic N) is 1. The lowest BCUT2D eigenvalue weighted by atomic mass is 9.96. The van der Waals surface area contributed by atoms with Crippen LogP contribution in [0.2, 0.25) is 0 Å². The number of aliphatic hydroxyl groups excluding tert-OH is 3. The van der Waals surface area contributed by atoms with Crippen molar-refractivity contribution in [3.05, 3.63) is 59.7 Å². The molecule has 9 heteroatoms. The first-order valence-electron chi connectivity index (χ1n) is 12.0. The summed E-state index contributed by atoms with van der Waals surface area (Å²) in [4.78, 5) is 16.6. The summed E-state index contributed by atoms with van der Waals surface area (Å²) in [5.41, 5.74) is 4.72. The molecule has 0 spiro atoms. The van der Waals surface area contributed by atoms with Crippen molar-refractivity contribution in [2.75, 3.05) is 13.7 Å². The van der Waals surface area contributed by atoms with E-state index >= 15 is 0 Å². The highest BCUT2D eigenvalue weighted by molar-refractivity contribution is 6.30. The fourth-order valence-corrected chi connectivity index (χ4v) is 6.19. The van der Waals surface area contributed by atoms with Gasteiger partial charge in [-0.2, -0.15) is 0 Å². The molecule has 0 aliphatic carbocycles. The lowest BCUT2D eigenvalue weighted by Crippen LogP contribution is -2.57. The molecule has 3 aromatic carbocycles. The largest absolute Gasteiger partial charge is 0.394 e. The van der Waals surface area contributed by atoms with Crippen LogP contribution in [0.4, 0.5) is 0 Å². The number of carbonyl (C=O) groups excluding carboxylic acids is 1. The third-order valence-electron chi connectivity index (χ3n) is 7.73. The number of carbonyl (C=O) groups is 1. The second-order valence-corrected chi connectivity index (χ2v) is 9.50. The van der Waals surface area contributed by atoms with E-state index in [0.717, 1.165) is 49.2 Å². The molecule has 0 unspecified atom stereocenters. The Bertz CT molecular complexity index is 1690. The molecule has 5 aromatic rings. The van der Waals surface area contributed by atoms with Gasteiger partial charge in [-0.3, -0.25) is 4.79 Å². The quantitative estimate of drug-likeness (QED) is 0.266. The van der Waals surface area contributed by atoms with Crippen LogP contribution >= 0.6 is 0 Å². The normalized spacial score (nSPS) is 26.3. The second kappa shape index (κ2) is 7.76. The smallest absolute Gasteiger partial charge is 0.252 e. The Kier molecular flexibility index (Phi) is 4.70. The molecular weight excluding hydrogens is 462 g/mol. The van der Waals surface area contributed by atoms with Crippen LogP contribution in [0.15, 0.2) is 48.5 Å². The predicted molar refractivity (Wildman–Crippen MR) is 134 cm³/mol. The Labute approximate surface area is 204 Å². The Morgan fingerprint density at radius 2 is 1.81 bits per heavy atom. The third-order valence-corrected chi connectivity index (χ3v) is 7.73. The van der Waals surface area contributed by atoms with Gasteiger partial charge in [-0.25, -0.2) is 0 Å². The Morgan fingerprint density at radius 3 is 2.58 bits per heavy atom. The molecule has 2 aromatic heterocycles. The number of aliphatic hydroxyl groups is 3. The van der Waals surface area contributed by atoms with Crippen molar-refractivity contribution < 1.29 is 29.6 Å². The van der Waals surface area contributed by atoms with Gasteiger partial charge in [-0.05, 0) is 17.7 Å². The third kappa shape index (κ3) is 2.69. The zero-order chi connectivity index (χ0) is 24.7. The maximum Gasteiger partial charge on any atom is 0.252 e. The fraction of sp³-hybridized carbons (Fsp3) is 0.296. The van der Waals surface area contributed by atoms with E-state index in [2.05, 4.69) is 10.3 Å². The maximum atomic E-state index is 13.1. The summed E-state index contributed by atoms with van der Waals surface area (Å²) in [5, 5.41) is 38.7. The summed E-state index contributed by atoms with van der Waals surface area (Å²) < 4.78 is 13.5. The molecule has 2 aliphatic heterocycles. The van der Waals surface area contributed by atoms with Crippen LogP contribution in [-0.4, -0.2) is 68.9 Å². The van der Waals surface area contributed by atoms with Crippen molar-refractivity contribution in [3.63, 3.8) is 0 Å². The standard InChI is InChI=1S/C27H25N3O6/c1-35-25-17(11-31)36-27(24(33)23(25)32)30-16-9-5-3-7-13(16)18-14-10-28-26(34)20(14)19-12-6-2-4-8-15(12)29-21(19)22(18)30/h2-9,17,23-25,27,29,31-33H,10-11H2,1H3,(H,28,34)/t17-,23-,24-,25-,27-/m1/s1.